The Morgan fingerprint density at radius 2 is 2.11 bits per heavy atom. The third-order valence-electron chi connectivity index (χ3n) is 2.80. The van der Waals surface area contributed by atoms with Gasteiger partial charge in [-0.2, -0.15) is 5.10 Å². The molecule has 1 aromatic carbocycles. The first-order valence-corrected chi connectivity index (χ1v) is 6.48. The number of nitrogens with one attached hydrogen (secondary N) is 1. The van der Waals surface area contributed by atoms with Gasteiger partial charge in [0.1, 0.15) is 0 Å². The Morgan fingerprint density at radius 3 is 2.78 bits per heavy atom. The third kappa shape index (κ3) is 3.59. The molecule has 1 aromatic heterocycles. The van der Waals surface area contributed by atoms with E-state index in [2.05, 4.69) is 22.5 Å². The van der Waals surface area contributed by atoms with Crippen LogP contribution >= 0.6 is 11.6 Å². The van der Waals surface area contributed by atoms with Gasteiger partial charge >= 0.3 is 0 Å². The number of halogens is 1. The SMILES string of the molecule is Cc1ccc(CNCCn2cc(C)cn2)c(Cl)c1. The summed E-state index contributed by atoms with van der Waals surface area (Å²) in [6.45, 7) is 6.63. The van der Waals surface area contributed by atoms with Crippen molar-refractivity contribution in [3.8, 4) is 0 Å². The molecule has 0 bridgehead atoms. The Balaban J connectivity index is 1.78. The fraction of sp³-hybridized carbons (Fsp3) is 0.357. The number of nitrogens with zero attached hydrogens (tertiary/aromatic N) is 2. The number of aromatic nitrogens is 2. The van der Waals surface area contributed by atoms with E-state index in [-0.39, 0.29) is 0 Å². The van der Waals surface area contributed by atoms with Crippen LogP contribution in [0.1, 0.15) is 16.7 Å². The highest BCUT2D eigenvalue weighted by Crippen LogP contribution is 2.17. The predicted molar refractivity (Wildman–Crippen MR) is 74.9 cm³/mol. The van der Waals surface area contributed by atoms with Crippen LogP contribution in [0.3, 0.4) is 0 Å². The second kappa shape index (κ2) is 6.03. The summed E-state index contributed by atoms with van der Waals surface area (Å²) >= 11 is 6.17. The number of aryl methyl sites for hydroxylation is 2. The average Bonchev–Trinajstić information content (AvgIpc) is 2.73. The lowest BCUT2D eigenvalue weighted by Gasteiger charge is -2.07. The first kappa shape index (κ1) is 13.1. The van der Waals surface area contributed by atoms with Crippen LogP contribution in [0.2, 0.25) is 5.02 Å². The van der Waals surface area contributed by atoms with Crippen molar-refractivity contribution in [1.29, 1.82) is 0 Å². The molecule has 1 N–H and O–H groups in total. The summed E-state index contributed by atoms with van der Waals surface area (Å²) in [6, 6.07) is 6.15. The van der Waals surface area contributed by atoms with Crippen LogP contribution in [-0.2, 0) is 13.1 Å². The summed E-state index contributed by atoms with van der Waals surface area (Å²) in [5.74, 6) is 0. The topological polar surface area (TPSA) is 29.9 Å². The van der Waals surface area contributed by atoms with Gasteiger partial charge in [-0.1, -0.05) is 23.7 Å². The smallest absolute Gasteiger partial charge is 0.0534 e. The van der Waals surface area contributed by atoms with Crippen LogP contribution in [-0.4, -0.2) is 16.3 Å². The molecule has 2 aromatic rings. The second-order valence-electron chi connectivity index (χ2n) is 4.55. The molecule has 0 aliphatic heterocycles. The van der Waals surface area contributed by atoms with E-state index in [0.29, 0.717) is 0 Å². The van der Waals surface area contributed by atoms with E-state index in [0.717, 1.165) is 30.2 Å². The van der Waals surface area contributed by atoms with Crippen molar-refractivity contribution in [2.45, 2.75) is 26.9 Å². The van der Waals surface area contributed by atoms with Crippen LogP contribution in [0.25, 0.3) is 0 Å². The number of hydrogen-bond acceptors (Lipinski definition) is 2. The first-order valence-electron chi connectivity index (χ1n) is 6.10. The van der Waals surface area contributed by atoms with Crippen molar-refractivity contribution in [2.24, 2.45) is 0 Å². The number of rotatable bonds is 5. The molecule has 3 nitrogen and oxygen atoms in total. The van der Waals surface area contributed by atoms with E-state index >= 15 is 0 Å². The van der Waals surface area contributed by atoms with Crippen LogP contribution in [0.15, 0.2) is 30.6 Å². The molecule has 2 rings (SSSR count). The molecule has 0 amide bonds. The summed E-state index contributed by atoms with van der Waals surface area (Å²) in [4.78, 5) is 0. The normalized spacial score (nSPS) is 10.8. The monoisotopic (exact) mass is 263 g/mol. The maximum absolute atomic E-state index is 6.17. The average molecular weight is 264 g/mol. The Bertz CT molecular complexity index is 520. The van der Waals surface area contributed by atoms with Crippen molar-refractivity contribution in [1.82, 2.24) is 15.1 Å². The minimum Gasteiger partial charge on any atom is -0.311 e. The third-order valence-corrected chi connectivity index (χ3v) is 3.16. The zero-order valence-corrected chi connectivity index (χ0v) is 11.5. The highest BCUT2D eigenvalue weighted by molar-refractivity contribution is 6.31. The summed E-state index contributed by atoms with van der Waals surface area (Å²) in [6.07, 6.45) is 3.91. The van der Waals surface area contributed by atoms with Gasteiger partial charge in [0.15, 0.2) is 0 Å². The lowest BCUT2D eigenvalue weighted by atomic mass is 10.1. The summed E-state index contributed by atoms with van der Waals surface area (Å²) in [5.41, 5.74) is 3.52. The number of hydrogen-bond donors (Lipinski definition) is 1. The van der Waals surface area contributed by atoms with Gasteiger partial charge in [0, 0.05) is 24.3 Å². The predicted octanol–water partition coefficient (Wildman–Crippen LogP) is 2.94. The van der Waals surface area contributed by atoms with E-state index < -0.39 is 0 Å². The van der Waals surface area contributed by atoms with E-state index in [1.54, 1.807) is 0 Å². The van der Waals surface area contributed by atoms with Gasteiger partial charge in [0.2, 0.25) is 0 Å². The highest BCUT2D eigenvalue weighted by Gasteiger charge is 2.00. The summed E-state index contributed by atoms with van der Waals surface area (Å²) in [7, 11) is 0. The molecule has 0 saturated carbocycles. The molecule has 0 fully saturated rings. The zero-order chi connectivity index (χ0) is 13.0. The molecule has 0 spiro atoms. The van der Waals surface area contributed by atoms with Crippen LogP contribution in [0.4, 0.5) is 0 Å². The van der Waals surface area contributed by atoms with E-state index in [9.17, 15) is 0 Å². The molecule has 0 radical (unpaired) electrons. The van der Waals surface area contributed by atoms with Gasteiger partial charge in [-0.3, -0.25) is 4.68 Å². The molecule has 0 unspecified atom stereocenters. The molecular formula is C14H18ClN3. The second-order valence-corrected chi connectivity index (χ2v) is 4.96. The summed E-state index contributed by atoms with van der Waals surface area (Å²) < 4.78 is 1.94. The molecule has 0 aliphatic carbocycles. The fourth-order valence-electron chi connectivity index (χ4n) is 1.80. The van der Waals surface area contributed by atoms with Gasteiger partial charge in [-0.25, -0.2) is 0 Å². The van der Waals surface area contributed by atoms with E-state index in [1.807, 2.05) is 37.0 Å². The minimum atomic E-state index is 0.791. The van der Waals surface area contributed by atoms with Gasteiger partial charge in [0.05, 0.1) is 12.7 Å². The van der Waals surface area contributed by atoms with Gasteiger partial charge < -0.3 is 5.32 Å². The van der Waals surface area contributed by atoms with Crippen molar-refractivity contribution < 1.29 is 0 Å². The van der Waals surface area contributed by atoms with E-state index in [4.69, 9.17) is 11.6 Å². The van der Waals surface area contributed by atoms with Crippen LogP contribution < -0.4 is 5.32 Å². The van der Waals surface area contributed by atoms with Gasteiger partial charge in [-0.15, -0.1) is 0 Å². The zero-order valence-electron chi connectivity index (χ0n) is 10.8. The Morgan fingerprint density at radius 1 is 1.28 bits per heavy atom. The molecule has 1 heterocycles. The Labute approximate surface area is 113 Å². The van der Waals surface area contributed by atoms with Gasteiger partial charge in [0.25, 0.3) is 0 Å². The van der Waals surface area contributed by atoms with Gasteiger partial charge in [-0.05, 0) is 36.6 Å². The van der Waals surface area contributed by atoms with Crippen LogP contribution in [0, 0.1) is 13.8 Å². The first-order chi connectivity index (χ1) is 8.65. The minimum absolute atomic E-state index is 0.791. The van der Waals surface area contributed by atoms with Crippen LogP contribution in [0.5, 0.6) is 0 Å². The molecular weight excluding hydrogens is 246 g/mol. The quantitative estimate of drug-likeness (QED) is 0.841. The lowest BCUT2D eigenvalue weighted by Crippen LogP contribution is -2.19. The van der Waals surface area contributed by atoms with Crippen molar-refractivity contribution >= 4 is 11.6 Å². The van der Waals surface area contributed by atoms with Crippen molar-refractivity contribution in [2.75, 3.05) is 6.54 Å². The number of benzene rings is 1. The largest absolute Gasteiger partial charge is 0.311 e. The maximum Gasteiger partial charge on any atom is 0.0534 e. The maximum atomic E-state index is 6.17. The van der Waals surface area contributed by atoms with E-state index in [1.165, 1.54) is 11.1 Å². The van der Waals surface area contributed by atoms with Crippen molar-refractivity contribution in [3.63, 3.8) is 0 Å². The Kier molecular flexibility index (Phi) is 4.39. The fourth-order valence-corrected chi connectivity index (χ4v) is 2.10. The highest BCUT2D eigenvalue weighted by atomic mass is 35.5. The molecule has 4 heteroatoms. The molecule has 96 valence electrons. The summed E-state index contributed by atoms with van der Waals surface area (Å²) in [5, 5.41) is 8.45. The molecule has 18 heavy (non-hydrogen) atoms. The standard InChI is InChI=1S/C14H18ClN3/c1-11-3-4-13(14(15)7-11)9-16-5-6-18-10-12(2)8-17-18/h3-4,7-8,10,16H,5-6,9H2,1-2H3. The lowest BCUT2D eigenvalue weighted by molar-refractivity contribution is 0.554. The molecule has 0 atom stereocenters. The molecule has 0 saturated heterocycles. The van der Waals surface area contributed by atoms with Crippen molar-refractivity contribution in [3.05, 3.63) is 52.3 Å². The Hall–Kier alpha value is -1.32. The molecule has 0 aliphatic rings.